The molecule has 94 valence electrons. The Morgan fingerprint density at radius 1 is 1.06 bits per heavy atom. The van der Waals surface area contributed by atoms with Crippen LogP contribution in [0, 0.1) is 17.5 Å². The van der Waals surface area contributed by atoms with E-state index in [0.717, 1.165) is 24.4 Å². The number of halogens is 3. The number of hydrogen-bond acceptors (Lipinski definition) is 2. The third-order valence-corrected chi connectivity index (χ3v) is 2.52. The molecule has 0 aliphatic carbocycles. The van der Waals surface area contributed by atoms with E-state index in [0.29, 0.717) is 0 Å². The summed E-state index contributed by atoms with van der Waals surface area (Å²) in [5.74, 6) is -1.92. The number of hydrogen-bond donors (Lipinski definition) is 1. The van der Waals surface area contributed by atoms with E-state index in [1.165, 1.54) is 12.1 Å². The average Bonchev–Trinajstić information content (AvgIpc) is 2.33. The van der Waals surface area contributed by atoms with Crippen molar-refractivity contribution in [2.75, 3.05) is 0 Å². The Morgan fingerprint density at radius 3 is 2.39 bits per heavy atom. The van der Waals surface area contributed by atoms with Gasteiger partial charge in [-0.2, -0.15) is 0 Å². The van der Waals surface area contributed by atoms with E-state index < -0.39 is 23.6 Å². The van der Waals surface area contributed by atoms with Gasteiger partial charge in [0.25, 0.3) is 0 Å². The molecular formula is C13H10F3NO. The van der Waals surface area contributed by atoms with Gasteiger partial charge in [-0.15, -0.1) is 0 Å². The lowest BCUT2D eigenvalue weighted by molar-refractivity contribution is 0.172. The molecule has 2 rings (SSSR count). The lowest BCUT2D eigenvalue weighted by atomic mass is 10.0. The highest BCUT2D eigenvalue weighted by atomic mass is 19.1. The summed E-state index contributed by atoms with van der Waals surface area (Å²) in [7, 11) is 0. The fourth-order valence-electron chi connectivity index (χ4n) is 1.58. The van der Waals surface area contributed by atoms with Crippen LogP contribution in [0.3, 0.4) is 0 Å². The standard InChI is InChI=1S/C13H10F3NO/c14-9-2-1-8(11(16)6-9)5-13(18)12-4-3-10(15)7-17-12/h1-4,6-7,13,18H,5H2. The average molecular weight is 253 g/mol. The molecule has 2 nitrogen and oxygen atoms in total. The van der Waals surface area contributed by atoms with Crippen molar-refractivity contribution < 1.29 is 18.3 Å². The summed E-state index contributed by atoms with van der Waals surface area (Å²) < 4.78 is 38.7. The maximum absolute atomic E-state index is 13.4. The van der Waals surface area contributed by atoms with Gasteiger partial charge in [-0.25, -0.2) is 13.2 Å². The number of pyridine rings is 1. The molecular weight excluding hydrogens is 243 g/mol. The van der Waals surface area contributed by atoms with Gasteiger partial charge in [-0.1, -0.05) is 6.07 Å². The van der Waals surface area contributed by atoms with Crippen LogP contribution in [0.2, 0.25) is 0 Å². The van der Waals surface area contributed by atoms with Gasteiger partial charge in [-0.05, 0) is 23.8 Å². The molecule has 0 bridgehead atoms. The molecule has 1 atom stereocenters. The zero-order valence-electron chi connectivity index (χ0n) is 9.28. The SMILES string of the molecule is OC(Cc1ccc(F)cc1F)c1ccc(F)cn1. The smallest absolute Gasteiger partial charge is 0.141 e. The van der Waals surface area contributed by atoms with Crippen LogP contribution in [0.5, 0.6) is 0 Å². The Labute approximate surface area is 102 Å². The van der Waals surface area contributed by atoms with Crippen molar-refractivity contribution >= 4 is 0 Å². The summed E-state index contributed by atoms with van der Waals surface area (Å²) in [5.41, 5.74) is 0.412. The predicted molar refractivity (Wildman–Crippen MR) is 59.2 cm³/mol. The summed E-state index contributed by atoms with van der Waals surface area (Å²) in [4.78, 5) is 3.70. The molecule has 0 aliphatic rings. The highest BCUT2D eigenvalue weighted by Gasteiger charge is 2.13. The molecule has 0 spiro atoms. The number of rotatable bonds is 3. The number of aliphatic hydroxyl groups excluding tert-OH is 1. The Balaban J connectivity index is 2.15. The van der Waals surface area contributed by atoms with Gasteiger partial charge in [0, 0.05) is 12.5 Å². The number of aromatic nitrogens is 1. The first-order chi connectivity index (χ1) is 8.56. The van der Waals surface area contributed by atoms with E-state index in [4.69, 9.17) is 0 Å². The molecule has 1 aromatic heterocycles. The van der Waals surface area contributed by atoms with Crippen LogP contribution in [-0.2, 0) is 6.42 Å². The van der Waals surface area contributed by atoms with Crippen molar-refractivity contribution in [3.8, 4) is 0 Å². The highest BCUT2D eigenvalue weighted by molar-refractivity contribution is 5.21. The Hall–Kier alpha value is -1.88. The van der Waals surface area contributed by atoms with Crippen LogP contribution in [-0.4, -0.2) is 10.1 Å². The van der Waals surface area contributed by atoms with E-state index in [1.54, 1.807) is 0 Å². The van der Waals surface area contributed by atoms with E-state index in [1.807, 2.05) is 0 Å². The lowest BCUT2D eigenvalue weighted by Crippen LogP contribution is -2.06. The van der Waals surface area contributed by atoms with E-state index in [-0.39, 0.29) is 17.7 Å². The van der Waals surface area contributed by atoms with Gasteiger partial charge in [0.05, 0.1) is 11.9 Å². The molecule has 2 aromatic rings. The van der Waals surface area contributed by atoms with Crippen molar-refractivity contribution in [3.63, 3.8) is 0 Å². The van der Waals surface area contributed by atoms with Crippen LogP contribution >= 0.6 is 0 Å². The van der Waals surface area contributed by atoms with Crippen molar-refractivity contribution in [1.82, 2.24) is 4.98 Å². The molecule has 0 radical (unpaired) electrons. The topological polar surface area (TPSA) is 33.1 Å². The predicted octanol–water partition coefficient (Wildman–Crippen LogP) is 2.78. The normalized spacial score (nSPS) is 12.4. The van der Waals surface area contributed by atoms with Crippen LogP contribution in [0.15, 0.2) is 36.5 Å². The Morgan fingerprint density at radius 2 is 1.78 bits per heavy atom. The van der Waals surface area contributed by atoms with Crippen molar-refractivity contribution in [3.05, 3.63) is 65.2 Å². The first-order valence-electron chi connectivity index (χ1n) is 5.29. The maximum Gasteiger partial charge on any atom is 0.141 e. The minimum absolute atomic E-state index is 0.0508. The third-order valence-electron chi connectivity index (χ3n) is 2.52. The zero-order valence-corrected chi connectivity index (χ0v) is 9.28. The maximum atomic E-state index is 13.4. The highest BCUT2D eigenvalue weighted by Crippen LogP contribution is 2.19. The number of benzene rings is 1. The van der Waals surface area contributed by atoms with Gasteiger partial charge in [0.1, 0.15) is 23.6 Å². The molecule has 1 aromatic carbocycles. The van der Waals surface area contributed by atoms with Gasteiger partial charge < -0.3 is 5.11 Å². The van der Waals surface area contributed by atoms with Crippen molar-refractivity contribution in [2.45, 2.75) is 12.5 Å². The fraction of sp³-hybridized carbons (Fsp3) is 0.154. The van der Waals surface area contributed by atoms with E-state index >= 15 is 0 Å². The first kappa shape index (κ1) is 12.6. The fourth-order valence-corrected chi connectivity index (χ4v) is 1.58. The monoisotopic (exact) mass is 253 g/mol. The molecule has 0 aliphatic heterocycles. The molecule has 0 fully saturated rings. The molecule has 18 heavy (non-hydrogen) atoms. The summed E-state index contributed by atoms with van der Waals surface area (Å²) in [6.45, 7) is 0. The van der Waals surface area contributed by atoms with Gasteiger partial charge >= 0.3 is 0 Å². The van der Waals surface area contributed by atoms with Crippen molar-refractivity contribution in [1.29, 1.82) is 0 Å². The summed E-state index contributed by atoms with van der Waals surface area (Å²) >= 11 is 0. The number of nitrogens with zero attached hydrogens (tertiary/aromatic N) is 1. The molecule has 0 saturated heterocycles. The molecule has 5 heteroatoms. The van der Waals surface area contributed by atoms with Crippen LogP contribution < -0.4 is 0 Å². The second kappa shape index (κ2) is 5.18. The molecule has 1 heterocycles. The second-order valence-electron chi connectivity index (χ2n) is 3.86. The third kappa shape index (κ3) is 2.87. The zero-order chi connectivity index (χ0) is 13.1. The first-order valence-corrected chi connectivity index (χ1v) is 5.29. The quantitative estimate of drug-likeness (QED) is 0.912. The van der Waals surface area contributed by atoms with Crippen LogP contribution in [0.1, 0.15) is 17.4 Å². The minimum atomic E-state index is -1.06. The number of aliphatic hydroxyl groups is 1. The summed E-state index contributed by atoms with van der Waals surface area (Å²) in [5, 5.41) is 9.81. The lowest BCUT2D eigenvalue weighted by Gasteiger charge is -2.10. The van der Waals surface area contributed by atoms with Crippen LogP contribution in [0.25, 0.3) is 0 Å². The molecule has 0 amide bonds. The van der Waals surface area contributed by atoms with E-state index in [2.05, 4.69) is 4.98 Å². The summed E-state index contributed by atoms with van der Waals surface area (Å²) in [6.07, 6.45) is -0.143. The van der Waals surface area contributed by atoms with Crippen LogP contribution in [0.4, 0.5) is 13.2 Å². The van der Waals surface area contributed by atoms with Gasteiger partial charge in [-0.3, -0.25) is 4.98 Å². The summed E-state index contributed by atoms with van der Waals surface area (Å²) in [6, 6.07) is 5.61. The molecule has 1 N–H and O–H groups in total. The van der Waals surface area contributed by atoms with Gasteiger partial charge in [0.15, 0.2) is 0 Å². The van der Waals surface area contributed by atoms with Crippen molar-refractivity contribution in [2.24, 2.45) is 0 Å². The minimum Gasteiger partial charge on any atom is -0.386 e. The Kier molecular flexibility index (Phi) is 3.62. The molecule has 0 saturated carbocycles. The second-order valence-corrected chi connectivity index (χ2v) is 3.86. The van der Waals surface area contributed by atoms with Gasteiger partial charge in [0.2, 0.25) is 0 Å². The molecule has 1 unspecified atom stereocenters. The van der Waals surface area contributed by atoms with E-state index in [9.17, 15) is 18.3 Å². The Bertz CT molecular complexity index is 542. The largest absolute Gasteiger partial charge is 0.386 e.